The Bertz CT molecular complexity index is 589. The normalized spacial score (nSPS) is 29.2. The van der Waals surface area contributed by atoms with E-state index in [1.807, 2.05) is 0 Å². The van der Waals surface area contributed by atoms with Crippen LogP contribution in [-0.4, -0.2) is 36.9 Å². The Kier molecular flexibility index (Phi) is 3.77. The highest BCUT2D eigenvalue weighted by atomic mass is 35.7. The molecule has 0 bridgehead atoms. The van der Waals surface area contributed by atoms with E-state index in [-0.39, 0.29) is 5.16 Å². The lowest BCUT2D eigenvalue weighted by atomic mass is 10.0. The van der Waals surface area contributed by atoms with Crippen molar-refractivity contribution >= 4 is 19.7 Å². The lowest BCUT2D eigenvalue weighted by Crippen LogP contribution is -2.13. The van der Waals surface area contributed by atoms with Crippen LogP contribution in [0.25, 0.3) is 0 Å². The molecule has 2 atom stereocenters. The van der Waals surface area contributed by atoms with Crippen LogP contribution in [0.15, 0.2) is 5.16 Å². The van der Waals surface area contributed by atoms with Crippen molar-refractivity contribution in [3.8, 4) is 0 Å². The van der Waals surface area contributed by atoms with Gasteiger partial charge < -0.3 is 4.74 Å². The maximum absolute atomic E-state index is 11.6. The summed E-state index contributed by atoms with van der Waals surface area (Å²) in [5, 5.41) is 7.75. The molecule has 3 rings (SSSR count). The Morgan fingerprint density at radius 3 is 2.50 bits per heavy atom. The highest BCUT2D eigenvalue weighted by Crippen LogP contribution is 2.60. The van der Waals surface area contributed by atoms with Gasteiger partial charge in [0.15, 0.2) is 0 Å². The minimum absolute atomic E-state index is 0.158. The number of fused-ring (bicyclic) bond motifs is 1. The first-order valence-corrected chi connectivity index (χ1v) is 9.21. The largest absolute Gasteiger partial charge is 0.383 e. The van der Waals surface area contributed by atoms with Gasteiger partial charge in [0.05, 0.1) is 6.61 Å². The van der Waals surface area contributed by atoms with E-state index in [1.54, 1.807) is 11.7 Å². The number of methoxy groups -OCH3 is 1. The van der Waals surface area contributed by atoms with Gasteiger partial charge in [0, 0.05) is 30.3 Å². The predicted octanol–water partition coefficient (Wildman–Crippen LogP) is 1.76. The summed E-state index contributed by atoms with van der Waals surface area (Å²) in [4.78, 5) is 0. The summed E-state index contributed by atoms with van der Waals surface area (Å²) >= 11 is 0. The molecular weight excluding hydrogens is 302 g/mol. The Balaban J connectivity index is 1.93. The lowest BCUT2D eigenvalue weighted by molar-refractivity contribution is 0.183. The van der Waals surface area contributed by atoms with Crippen molar-refractivity contribution in [2.45, 2.75) is 43.3 Å². The minimum atomic E-state index is -3.88. The zero-order chi connectivity index (χ0) is 14.3. The second-order valence-electron chi connectivity index (χ2n) is 5.56. The van der Waals surface area contributed by atoms with Gasteiger partial charge in [-0.2, -0.15) is 0 Å². The number of nitrogens with zero attached hydrogens (tertiary/aromatic N) is 3. The van der Waals surface area contributed by atoms with E-state index < -0.39 is 9.05 Å². The molecule has 1 aromatic heterocycles. The molecule has 112 valence electrons. The van der Waals surface area contributed by atoms with E-state index in [0.717, 1.165) is 5.82 Å². The molecule has 0 spiro atoms. The molecule has 0 saturated heterocycles. The first kappa shape index (κ1) is 14.3. The molecule has 0 aliphatic heterocycles. The third-order valence-corrected chi connectivity index (χ3v) is 5.59. The third-order valence-electron chi connectivity index (χ3n) is 4.44. The summed E-state index contributed by atoms with van der Waals surface area (Å²) in [6, 6.07) is 0. The topological polar surface area (TPSA) is 74.1 Å². The molecule has 2 unspecified atom stereocenters. The van der Waals surface area contributed by atoms with E-state index in [2.05, 4.69) is 10.2 Å². The second-order valence-corrected chi connectivity index (χ2v) is 8.02. The van der Waals surface area contributed by atoms with Crippen molar-refractivity contribution in [2.75, 3.05) is 13.7 Å². The van der Waals surface area contributed by atoms with Crippen LogP contribution >= 0.6 is 10.7 Å². The van der Waals surface area contributed by atoms with Crippen molar-refractivity contribution < 1.29 is 13.2 Å². The fraction of sp³-hybridized carbons (Fsp3) is 0.833. The van der Waals surface area contributed by atoms with Crippen LogP contribution in [0.1, 0.15) is 37.4 Å². The van der Waals surface area contributed by atoms with Crippen LogP contribution in [-0.2, 0) is 20.3 Å². The Hall–Kier alpha value is -0.660. The van der Waals surface area contributed by atoms with E-state index in [9.17, 15) is 8.42 Å². The van der Waals surface area contributed by atoms with Gasteiger partial charge in [-0.25, -0.2) is 8.42 Å². The summed E-state index contributed by atoms with van der Waals surface area (Å²) < 4.78 is 29.8. The smallest absolute Gasteiger partial charge is 0.296 e. The molecule has 2 fully saturated rings. The van der Waals surface area contributed by atoms with Gasteiger partial charge in [-0.3, -0.25) is 4.57 Å². The van der Waals surface area contributed by atoms with Crippen LogP contribution < -0.4 is 0 Å². The van der Waals surface area contributed by atoms with Crippen LogP contribution in [0.4, 0.5) is 0 Å². The number of hydrogen-bond acceptors (Lipinski definition) is 5. The Morgan fingerprint density at radius 1 is 1.30 bits per heavy atom. The van der Waals surface area contributed by atoms with Crippen molar-refractivity contribution in [1.29, 1.82) is 0 Å². The lowest BCUT2D eigenvalue weighted by Gasteiger charge is -2.07. The number of hydrogen-bond donors (Lipinski definition) is 0. The van der Waals surface area contributed by atoms with Crippen molar-refractivity contribution in [3.05, 3.63) is 5.82 Å². The number of ether oxygens (including phenoxy) is 1. The van der Waals surface area contributed by atoms with Gasteiger partial charge in [0.25, 0.3) is 14.2 Å². The standard InChI is InChI=1S/C12H18ClN3O3S/c1-19-7-6-16-11(14-15-12(16)20(13,17)18)10-8-4-2-3-5-9(8)10/h8-10H,2-7H2,1H3. The van der Waals surface area contributed by atoms with Crippen molar-refractivity contribution in [3.63, 3.8) is 0 Å². The zero-order valence-corrected chi connectivity index (χ0v) is 12.9. The van der Waals surface area contributed by atoms with Gasteiger partial charge >= 0.3 is 0 Å². The number of halogens is 1. The van der Waals surface area contributed by atoms with Crippen molar-refractivity contribution in [1.82, 2.24) is 14.8 Å². The number of rotatable bonds is 5. The SMILES string of the molecule is COCCn1c(C2C3CCCCC32)nnc1S(=O)(=O)Cl. The van der Waals surface area contributed by atoms with Gasteiger partial charge in [0.1, 0.15) is 5.82 Å². The highest BCUT2D eigenvalue weighted by molar-refractivity contribution is 8.13. The molecule has 2 aliphatic rings. The molecule has 0 N–H and O–H groups in total. The van der Waals surface area contributed by atoms with Gasteiger partial charge in [0.2, 0.25) is 0 Å². The second kappa shape index (κ2) is 5.27. The fourth-order valence-corrected chi connectivity index (χ4v) is 4.42. The molecule has 20 heavy (non-hydrogen) atoms. The van der Waals surface area contributed by atoms with E-state index in [0.29, 0.717) is 30.9 Å². The summed E-state index contributed by atoms with van der Waals surface area (Å²) in [6.07, 6.45) is 4.92. The summed E-state index contributed by atoms with van der Waals surface area (Å²) in [6.45, 7) is 0.822. The zero-order valence-electron chi connectivity index (χ0n) is 11.3. The first-order valence-electron chi connectivity index (χ1n) is 6.90. The predicted molar refractivity (Wildman–Crippen MR) is 73.1 cm³/mol. The third kappa shape index (κ3) is 2.46. The van der Waals surface area contributed by atoms with Crippen LogP contribution in [0, 0.1) is 11.8 Å². The molecule has 0 aromatic carbocycles. The summed E-state index contributed by atoms with van der Waals surface area (Å²) in [7, 11) is 3.15. The maximum Gasteiger partial charge on any atom is 0.296 e. The summed E-state index contributed by atoms with van der Waals surface area (Å²) in [5.41, 5.74) is 0. The number of aromatic nitrogens is 3. The molecular formula is C12H18ClN3O3S. The van der Waals surface area contributed by atoms with E-state index in [4.69, 9.17) is 15.4 Å². The highest BCUT2D eigenvalue weighted by Gasteiger charge is 2.54. The van der Waals surface area contributed by atoms with E-state index in [1.165, 1.54) is 25.7 Å². The maximum atomic E-state index is 11.6. The van der Waals surface area contributed by atoms with Crippen LogP contribution in [0.2, 0.25) is 0 Å². The molecule has 6 nitrogen and oxygen atoms in total. The molecule has 2 aliphatic carbocycles. The van der Waals surface area contributed by atoms with E-state index >= 15 is 0 Å². The van der Waals surface area contributed by atoms with Gasteiger partial charge in [-0.15, -0.1) is 10.2 Å². The monoisotopic (exact) mass is 319 g/mol. The minimum Gasteiger partial charge on any atom is -0.383 e. The molecule has 0 amide bonds. The Labute approximate surface area is 122 Å². The van der Waals surface area contributed by atoms with Crippen LogP contribution in [0.5, 0.6) is 0 Å². The summed E-state index contributed by atoms with van der Waals surface area (Å²) in [5.74, 6) is 2.38. The molecule has 1 aromatic rings. The van der Waals surface area contributed by atoms with Gasteiger partial charge in [-0.1, -0.05) is 12.8 Å². The van der Waals surface area contributed by atoms with Gasteiger partial charge in [-0.05, 0) is 24.7 Å². The molecule has 0 radical (unpaired) electrons. The molecule has 1 heterocycles. The average Bonchev–Trinajstić information content (AvgIpc) is 2.97. The van der Waals surface area contributed by atoms with Crippen LogP contribution in [0.3, 0.4) is 0 Å². The average molecular weight is 320 g/mol. The molecule has 8 heteroatoms. The first-order chi connectivity index (χ1) is 9.54. The Morgan fingerprint density at radius 2 is 1.95 bits per heavy atom. The quantitative estimate of drug-likeness (QED) is 0.773. The molecule has 2 saturated carbocycles. The fourth-order valence-electron chi connectivity index (χ4n) is 3.50. The van der Waals surface area contributed by atoms with Crippen molar-refractivity contribution in [2.24, 2.45) is 11.8 Å².